The average molecular weight is 610 g/mol. The van der Waals surface area contributed by atoms with Crippen LogP contribution in [-0.2, 0) is 10.0 Å². The Labute approximate surface area is 229 Å². The largest absolute Gasteiger partial charge is 0.396 e. The van der Waals surface area contributed by atoms with Gasteiger partial charge in [-0.1, -0.05) is 31.7 Å². The number of nitrogens with zero attached hydrogens (tertiary/aromatic N) is 2. The van der Waals surface area contributed by atoms with E-state index in [1.807, 2.05) is 0 Å². The molecule has 1 amide bonds. The van der Waals surface area contributed by atoms with Gasteiger partial charge in [-0.3, -0.25) is 4.79 Å². The Morgan fingerprint density at radius 2 is 1.68 bits per heavy atom. The van der Waals surface area contributed by atoms with Crippen molar-refractivity contribution in [3.63, 3.8) is 0 Å². The van der Waals surface area contributed by atoms with Crippen molar-refractivity contribution < 1.29 is 22.7 Å². The van der Waals surface area contributed by atoms with E-state index >= 15 is 0 Å². The predicted octanol–water partition coefficient (Wildman–Crippen LogP) is 4.58. The van der Waals surface area contributed by atoms with Crippen molar-refractivity contribution in [1.82, 2.24) is 14.7 Å². The molecule has 0 aliphatic rings. The lowest BCUT2D eigenvalue weighted by atomic mass is 10.1. The highest BCUT2D eigenvalue weighted by molar-refractivity contribution is 9.10. The summed E-state index contributed by atoms with van der Waals surface area (Å²) in [4.78, 5) is 20.4. The average Bonchev–Trinajstić information content (AvgIpc) is 2.88. The van der Waals surface area contributed by atoms with Crippen LogP contribution in [0.1, 0.15) is 48.9 Å². The third kappa shape index (κ3) is 8.45. The Morgan fingerprint density at radius 3 is 2.37 bits per heavy atom. The number of hydrogen-bond acceptors (Lipinski definition) is 8. The molecule has 0 atom stereocenters. The van der Waals surface area contributed by atoms with Crippen LogP contribution in [0, 0.1) is 5.82 Å². The number of sulfonamides is 1. The molecule has 0 radical (unpaired) electrons. The first kappa shape index (κ1) is 29.4. The summed E-state index contributed by atoms with van der Waals surface area (Å²) in [6.07, 6.45) is 6.95. The number of anilines is 4. The Kier molecular flexibility index (Phi) is 11.0. The van der Waals surface area contributed by atoms with Gasteiger partial charge in [-0.2, -0.15) is 4.98 Å². The standard InChI is InChI=1S/C25H30BrFN6O4S/c26-19-16-29-25(33-24(19)32-21-9-7-8-20(27)22(21)23(28)35)31-17-10-12-18(13-11-17)38(36,37)30-14-5-3-1-2-4-6-15-34/h7-13,16,30,34H,1-6,14-15H2,(H2,28,35)(H2,29,31,32,33). The second-order valence-corrected chi connectivity index (χ2v) is 11.1. The van der Waals surface area contributed by atoms with E-state index in [1.165, 1.54) is 30.5 Å². The zero-order valence-corrected chi connectivity index (χ0v) is 23.0. The molecular formula is C25H30BrFN6O4S. The number of unbranched alkanes of at least 4 members (excludes halogenated alkanes) is 5. The number of hydrogen-bond donors (Lipinski definition) is 5. The minimum absolute atomic E-state index is 0.134. The minimum Gasteiger partial charge on any atom is -0.396 e. The van der Waals surface area contributed by atoms with Crippen LogP contribution in [0.25, 0.3) is 0 Å². The van der Waals surface area contributed by atoms with Crippen molar-refractivity contribution in [2.45, 2.75) is 43.4 Å². The molecule has 10 nitrogen and oxygen atoms in total. The quantitative estimate of drug-likeness (QED) is 0.157. The predicted molar refractivity (Wildman–Crippen MR) is 148 cm³/mol. The molecule has 0 bridgehead atoms. The van der Waals surface area contributed by atoms with Crippen molar-refractivity contribution in [1.29, 1.82) is 0 Å². The monoisotopic (exact) mass is 608 g/mol. The highest BCUT2D eigenvalue weighted by atomic mass is 79.9. The van der Waals surface area contributed by atoms with Crippen LogP contribution >= 0.6 is 15.9 Å². The molecule has 3 aromatic rings. The number of amides is 1. The first-order valence-corrected chi connectivity index (χ1v) is 14.3. The van der Waals surface area contributed by atoms with Crippen molar-refractivity contribution in [2.24, 2.45) is 5.73 Å². The Morgan fingerprint density at radius 1 is 1.00 bits per heavy atom. The Bertz CT molecular complexity index is 1340. The lowest BCUT2D eigenvalue weighted by Crippen LogP contribution is -2.24. The van der Waals surface area contributed by atoms with Crippen LogP contribution in [0.3, 0.4) is 0 Å². The number of aromatic nitrogens is 2. The topological polar surface area (TPSA) is 159 Å². The highest BCUT2D eigenvalue weighted by Crippen LogP contribution is 2.28. The molecule has 204 valence electrons. The summed E-state index contributed by atoms with van der Waals surface area (Å²) in [6, 6.07) is 10.2. The normalized spacial score (nSPS) is 11.3. The fourth-order valence-electron chi connectivity index (χ4n) is 3.60. The summed E-state index contributed by atoms with van der Waals surface area (Å²) >= 11 is 3.32. The number of aliphatic hydroxyl groups excluding tert-OH is 1. The van der Waals surface area contributed by atoms with Gasteiger partial charge in [-0.25, -0.2) is 22.5 Å². The highest BCUT2D eigenvalue weighted by Gasteiger charge is 2.16. The maximum absolute atomic E-state index is 14.1. The van der Waals surface area contributed by atoms with Crippen LogP contribution in [0.5, 0.6) is 0 Å². The van der Waals surface area contributed by atoms with Crippen LogP contribution < -0.4 is 21.1 Å². The molecule has 0 aliphatic heterocycles. The fourth-order valence-corrected chi connectivity index (χ4v) is 4.97. The molecule has 0 saturated heterocycles. The maximum atomic E-state index is 14.1. The van der Waals surface area contributed by atoms with Crippen molar-refractivity contribution in [3.05, 3.63) is 64.5 Å². The number of aliphatic hydroxyl groups is 1. The van der Waals surface area contributed by atoms with E-state index < -0.39 is 21.7 Å². The van der Waals surface area contributed by atoms with Gasteiger partial charge in [0.1, 0.15) is 11.6 Å². The van der Waals surface area contributed by atoms with Crippen molar-refractivity contribution in [2.75, 3.05) is 23.8 Å². The number of nitrogens with two attached hydrogens (primary N) is 1. The van der Waals surface area contributed by atoms with Gasteiger partial charge in [0.15, 0.2) is 0 Å². The zero-order valence-electron chi connectivity index (χ0n) is 20.6. The van der Waals surface area contributed by atoms with Gasteiger partial charge in [0.25, 0.3) is 5.91 Å². The van der Waals surface area contributed by atoms with E-state index in [-0.39, 0.29) is 34.5 Å². The van der Waals surface area contributed by atoms with Gasteiger partial charge in [-0.05, 0) is 65.2 Å². The van der Waals surface area contributed by atoms with E-state index in [2.05, 4.69) is 41.3 Å². The summed E-state index contributed by atoms with van der Waals surface area (Å²) in [5, 5.41) is 14.7. The SMILES string of the molecule is NC(=O)c1c(F)cccc1Nc1nc(Nc2ccc(S(=O)(=O)NCCCCCCCCO)cc2)ncc1Br. The van der Waals surface area contributed by atoms with Crippen LogP contribution in [0.15, 0.2) is 58.0 Å². The molecule has 1 aromatic heterocycles. The third-order valence-electron chi connectivity index (χ3n) is 5.55. The molecule has 0 unspecified atom stereocenters. The van der Waals surface area contributed by atoms with Gasteiger partial charge < -0.3 is 21.5 Å². The number of primary amides is 1. The number of nitrogens with one attached hydrogen (secondary N) is 3. The van der Waals surface area contributed by atoms with E-state index in [1.54, 1.807) is 12.1 Å². The van der Waals surface area contributed by atoms with Crippen LogP contribution in [-0.4, -0.2) is 42.6 Å². The molecule has 1 heterocycles. The Balaban J connectivity index is 1.60. The molecule has 0 fully saturated rings. The lowest BCUT2D eigenvalue weighted by Gasteiger charge is -2.13. The van der Waals surface area contributed by atoms with Gasteiger partial charge in [0.05, 0.1) is 20.6 Å². The molecule has 38 heavy (non-hydrogen) atoms. The van der Waals surface area contributed by atoms with E-state index in [9.17, 15) is 17.6 Å². The number of rotatable bonds is 15. The minimum atomic E-state index is -3.64. The molecule has 13 heteroatoms. The number of benzene rings is 2. The van der Waals surface area contributed by atoms with Crippen LogP contribution in [0.2, 0.25) is 0 Å². The van der Waals surface area contributed by atoms with Gasteiger partial charge >= 0.3 is 0 Å². The first-order valence-electron chi connectivity index (χ1n) is 12.1. The molecule has 3 rings (SSSR count). The summed E-state index contributed by atoms with van der Waals surface area (Å²) < 4.78 is 42.3. The smallest absolute Gasteiger partial charge is 0.253 e. The van der Waals surface area contributed by atoms with E-state index in [0.29, 0.717) is 16.7 Å². The Hall–Kier alpha value is -3.13. The molecule has 6 N–H and O–H groups in total. The summed E-state index contributed by atoms with van der Waals surface area (Å²) in [5.41, 5.74) is 5.71. The summed E-state index contributed by atoms with van der Waals surface area (Å²) in [5.74, 6) is -1.24. The molecule has 0 saturated carbocycles. The molecule has 0 spiro atoms. The van der Waals surface area contributed by atoms with Crippen molar-refractivity contribution in [3.8, 4) is 0 Å². The third-order valence-corrected chi connectivity index (χ3v) is 7.61. The van der Waals surface area contributed by atoms with Crippen LogP contribution in [0.4, 0.5) is 27.5 Å². The molecular weight excluding hydrogens is 579 g/mol. The fraction of sp³-hybridized carbons (Fsp3) is 0.320. The summed E-state index contributed by atoms with van der Waals surface area (Å²) in [6.45, 7) is 0.561. The van der Waals surface area contributed by atoms with E-state index in [4.69, 9.17) is 10.8 Å². The molecule has 2 aromatic carbocycles. The lowest BCUT2D eigenvalue weighted by molar-refractivity contribution is 0.0997. The summed E-state index contributed by atoms with van der Waals surface area (Å²) in [7, 11) is -3.64. The van der Waals surface area contributed by atoms with Crippen molar-refractivity contribution >= 4 is 55.0 Å². The zero-order chi connectivity index (χ0) is 27.5. The van der Waals surface area contributed by atoms with E-state index in [0.717, 1.165) is 44.6 Å². The van der Waals surface area contributed by atoms with Gasteiger partial charge in [0, 0.05) is 25.0 Å². The van der Waals surface area contributed by atoms with Gasteiger partial charge in [0.2, 0.25) is 16.0 Å². The maximum Gasteiger partial charge on any atom is 0.253 e. The number of carbonyl (C=O) groups is 1. The first-order chi connectivity index (χ1) is 18.2. The number of halogens is 2. The second kappa shape index (κ2) is 14.1. The molecule has 0 aliphatic carbocycles. The van der Waals surface area contributed by atoms with Gasteiger partial charge in [-0.15, -0.1) is 0 Å². The number of carbonyl (C=O) groups excluding carboxylic acids is 1. The second-order valence-electron chi connectivity index (χ2n) is 8.43.